The molecule has 24 heavy (non-hydrogen) atoms. The summed E-state index contributed by atoms with van der Waals surface area (Å²) in [5.74, 6) is 1.82. The van der Waals surface area contributed by atoms with Crippen LogP contribution >= 0.6 is 0 Å². The highest BCUT2D eigenvalue weighted by molar-refractivity contribution is 6.85. The van der Waals surface area contributed by atoms with Gasteiger partial charge in [-0.15, -0.1) is 0 Å². The Morgan fingerprint density at radius 2 is 1.83 bits per heavy atom. The molecule has 0 unspecified atom stereocenters. The Labute approximate surface area is 148 Å². The zero-order valence-corrected chi connectivity index (χ0v) is 17.1. The summed E-state index contributed by atoms with van der Waals surface area (Å²) in [5, 5.41) is 0.336. The monoisotopic (exact) mass is 344 g/mol. The first-order valence-corrected chi connectivity index (χ1v) is 12.4. The van der Waals surface area contributed by atoms with E-state index in [1.165, 1.54) is 11.1 Å². The summed E-state index contributed by atoms with van der Waals surface area (Å²) in [7, 11) is -1.58. The Bertz CT molecular complexity index is 630. The highest BCUT2D eigenvalue weighted by Gasteiger charge is 2.41. The van der Waals surface area contributed by atoms with Crippen LogP contribution in [-0.4, -0.2) is 8.07 Å². The number of fused-ring (bicyclic) bond motifs is 5. The van der Waals surface area contributed by atoms with Crippen LogP contribution in [0.3, 0.4) is 0 Å². The van der Waals surface area contributed by atoms with Crippen molar-refractivity contribution < 1.29 is 9.47 Å². The van der Waals surface area contributed by atoms with Gasteiger partial charge in [0, 0.05) is 12.0 Å². The van der Waals surface area contributed by atoms with Crippen molar-refractivity contribution in [3.63, 3.8) is 0 Å². The minimum absolute atomic E-state index is 0.213. The van der Waals surface area contributed by atoms with Gasteiger partial charge in [0.25, 0.3) is 0 Å². The van der Waals surface area contributed by atoms with E-state index in [2.05, 4.69) is 70.8 Å². The molecule has 0 aliphatic carbocycles. The van der Waals surface area contributed by atoms with Crippen molar-refractivity contribution >= 4 is 8.07 Å². The standard InChI is InChI=1S/C21H32O2Si/c1-15(2)21(3,4)24(5,6)14-16-10-9-13-19-17-11-7-8-12-18(17)20(22-16)23-19/h7-8,11-12,14-15,19-20H,9-10,13H2,1-6H3/b16-14+/t19-,20-/m1/s1. The van der Waals surface area contributed by atoms with E-state index in [0.717, 1.165) is 25.0 Å². The van der Waals surface area contributed by atoms with E-state index in [1.54, 1.807) is 0 Å². The van der Waals surface area contributed by atoms with Crippen LogP contribution in [0.2, 0.25) is 18.1 Å². The lowest BCUT2D eigenvalue weighted by atomic mass is 9.99. The molecule has 2 nitrogen and oxygen atoms in total. The molecule has 2 atom stereocenters. The highest BCUT2D eigenvalue weighted by Crippen LogP contribution is 2.48. The summed E-state index contributed by atoms with van der Waals surface area (Å²) in [5.41, 5.74) is 5.04. The molecule has 0 saturated carbocycles. The summed E-state index contributed by atoms with van der Waals surface area (Å²) >= 11 is 0. The summed E-state index contributed by atoms with van der Waals surface area (Å²) in [6, 6.07) is 8.54. The average molecular weight is 345 g/mol. The van der Waals surface area contributed by atoms with E-state index >= 15 is 0 Å². The van der Waals surface area contributed by atoms with Crippen molar-refractivity contribution in [1.82, 2.24) is 0 Å². The van der Waals surface area contributed by atoms with Crippen molar-refractivity contribution in [3.05, 3.63) is 46.9 Å². The molecule has 2 heterocycles. The molecule has 3 rings (SSSR count). The SMILES string of the molecule is CC(C)C(C)(C)[Si](C)(C)/C=C1\CCC[C@H]2O[C@@H](O1)c1ccccc12. The lowest BCUT2D eigenvalue weighted by molar-refractivity contribution is -0.146. The zero-order chi connectivity index (χ0) is 17.5. The Hall–Kier alpha value is -1.06. The van der Waals surface area contributed by atoms with Gasteiger partial charge in [0.05, 0.1) is 19.9 Å². The molecule has 1 aromatic carbocycles. The summed E-state index contributed by atoms with van der Waals surface area (Å²) < 4.78 is 12.6. The quantitative estimate of drug-likeness (QED) is 0.581. The van der Waals surface area contributed by atoms with Gasteiger partial charge in [-0.2, -0.15) is 0 Å². The van der Waals surface area contributed by atoms with Crippen LogP contribution in [0.5, 0.6) is 0 Å². The Morgan fingerprint density at radius 3 is 2.50 bits per heavy atom. The van der Waals surface area contributed by atoms with Crippen LogP contribution in [0.1, 0.15) is 70.5 Å². The number of hydrogen-bond donors (Lipinski definition) is 0. The van der Waals surface area contributed by atoms with Crippen LogP contribution in [0.15, 0.2) is 35.7 Å². The van der Waals surface area contributed by atoms with E-state index in [0.29, 0.717) is 11.0 Å². The molecule has 0 N–H and O–H groups in total. The van der Waals surface area contributed by atoms with Gasteiger partial charge in [-0.1, -0.05) is 70.8 Å². The van der Waals surface area contributed by atoms with Crippen molar-refractivity contribution in [2.45, 2.75) is 77.5 Å². The predicted molar refractivity (Wildman–Crippen MR) is 102 cm³/mol. The molecule has 0 amide bonds. The smallest absolute Gasteiger partial charge is 0.227 e. The molecule has 0 spiro atoms. The molecule has 2 aliphatic heterocycles. The number of allylic oxidation sites excluding steroid dienone is 1. The van der Waals surface area contributed by atoms with Crippen LogP contribution in [0.4, 0.5) is 0 Å². The van der Waals surface area contributed by atoms with E-state index in [4.69, 9.17) is 9.47 Å². The number of hydrogen-bond acceptors (Lipinski definition) is 2. The normalized spacial score (nSPS) is 26.0. The number of benzene rings is 1. The first-order chi connectivity index (χ1) is 11.2. The molecular formula is C21H32O2Si. The second-order valence-electron chi connectivity index (χ2n) is 8.80. The first kappa shape index (κ1) is 17.8. The van der Waals surface area contributed by atoms with E-state index < -0.39 is 8.07 Å². The van der Waals surface area contributed by atoms with Crippen molar-refractivity contribution in [3.8, 4) is 0 Å². The van der Waals surface area contributed by atoms with Gasteiger partial charge in [0.2, 0.25) is 6.29 Å². The summed E-state index contributed by atoms with van der Waals surface area (Å²) in [6.07, 6.45) is 3.25. The molecule has 1 fully saturated rings. The summed E-state index contributed by atoms with van der Waals surface area (Å²) in [6.45, 7) is 14.5. The lowest BCUT2D eigenvalue weighted by Crippen LogP contribution is -2.41. The molecule has 1 saturated heterocycles. The van der Waals surface area contributed by atoms with Gasteiger partial charge in [0.1, 0.15) is 0 Å². The van der Waals surface area contributed by atoms with Crippen molar-refractivity contribution in [1.29, 1.82) is 0 Å². The van der Waals surface area contributed by atoms with Crippen LogP contribution in [-0.2, 0) is 9.47 Å². The highest BCUT2D eigenvalue weighted by atomic mass is 28.3. The lowest BCUT2D eigenvalue weighted by Gasteiger charge is -2.42. The topological polar surface area (TPSA) is 18.5 Å². The van der Waals surface area contributed by atoms with Crippen LogP contribution < -0.4 is 0 Å². The maximum absolute atomic E-state index is 6.39. The minimum atomic E-state index is -1.58. The number of ether oxygens (including phenoxy) is 2. The zero-order valence-electron chi connectivity index (χ0n) is 16.1. The second kappa shape index (κ2) is 6.34. The van der Waals surface area contributed by atoms with Crippen LogP contribution in [0, 0.1) is 5.92 Å². The Morgan fingerprint density at radius 1 is 1.17 bits per heavy atom. The fourth-order valence-corrected chi connectivity index (χ4v) is 6.60. The average Bonchev–Trinajstić information content (AvgIpc) is 2.85. The fourth-order valence-electron chi connectivity index (χ4n) is 3.73. The number of rotatable bonds is 3. The molecular weight excluding hydrogens is 312 g/mol. The molecule has 132 valence electrons. The molecule has 3 heteroatoms. The van der Waals surface area contributed by atoms with Gasteiger partial charge < -0.3 is 9.47 Å². The molecule has 2 bridgehead atoms. The molecule has 0 radical (unpaired) electrons. The van der Waals surface area contributed by atoms with Gasteiger partial charge in [-0.3, -0.25) is 0 Å². The van der Waals surface area contributed by atoms with Gasteiger partial charge >= 0.3 is 0 Å². The third-order valence-electron chi connectivity index (χ3n) is 6.66. The van der Waals surface area contributed by atoms with E-state index in [9.17, 15) is 0 Å². The second-order valence-corrected chi connectivity index (χ2v) is 13.8. The maximum atomic E-state index is 6.39. The van der Waals surface area contributed by atoms with Gasteiger partial charge in [-0.25, -0.2) is 0 Å². The van der Waals surface area contributed by atoms with Gasteiger partial charge in [0.15, 0.2) is 0 Å². The Balaban J connectivity index is 1.88. The molecule has 0 aromatic heterocycles. The minimum Gasteiger partial charge on any atom is -0.466 e. The van der Waals surface area contributed by atoms with Gasteiger partial charge in [-0.05, 0) is 29.4 Å². The third-order valence-corrected chi connectivity index (χ3v) is 11.6. The third kappa shape index (κ3) is 3.09. The van der Waals surface area contributed by atoms with Crippen molar-refractivity contribution in [2.24, 2.45) is 5.92 Å². The fraction of sp³-hybridized carbons (Fsp3) is 0.619. The van der Waals surface area contributed by atoms with Crippen molar-refractivity contribution in [2.75, 3.05) is 0 Å². The first-order valence-electron chi connectivity index (χ1n) is 9.35. The largest absolute Gasteiger partial charge is 0.466 e. The van der Waals surface area contributed by atoms with Crippen LogP contribution in [0.25, 0.3) is 0 Å². The summed E-state index contributed by atoms with van der Waals surface area (Å²) in [4.78, 5) is 0. The maximum Gasteiger partial charge on any atom is 0.227 e. The predicted octanol–water partition coefficient (Wildman–Crippen LogP) is 6.52. The molecule has 2 aliphatic rings. The van der Waals surface area contributed by atoms with E-state index in [-0.39, 0.29) is 12.4 Å². The van der Waals surface area contributed by atoms with E-state index in [1.807, 2.05) is 0 Å². The molecule has 1 aromatic rings. The Kier molecular flexibility index (Phi) is 4.69.